The highest BCUT2D eigenvalue weighted by molar-refractivity contribution is 5.79. The molecule has 1 aliphatic carbocycles. The summed E-state index contributed by atoms with van der Waals surface area (Å²) in [7, 11) is 0. The average Bonchev–Trinajstić information content (AvgIpc) is 2.85. The molecule has 0 heterocycles. The Balaban J connectivity index is 1.95. The molecule has 0 saturated heterocycles. The largest absolute Gasteiger partial charge is 0.372 e. The zero-order chi connectivity index (χ0) is 14.8. The zero-order valence-corrected chi connectivity index (χ0v) is 13.4. The van der Waals surface area contributed by atoms with E-state index >= 15 is 0 Å². The third-order valence-electron chi connectivity index (χ3n) is 4.60. The predicted octanol–water partition coefficient (Wildman–Crippen LogP) is 5.06. The summed E-state index contributed by atoms with van der Waals surface area (Å²) in [5.74, 6) is 0. The standard InChI is InChI=1S/C20H25N/c1-4-7-15-8-10-19-16(12-15)13-17-14-18(9-11-20(17)19)21(5-2)6-3/h8-12,14H,4-7,13H2,1-3H3. The molecule has 0 atom stereocenters. The lowest BCUT2D eigenvalue weighted by atomic mass is 10.0. The zero-order valence-electron chi connectivity index (χ0n) is 13.4. The van der Waals surface area contributed by atoms with Crippen molar-refractivity contribution in [3.8, 4) is 11.1 Å². The minimum Gasteiger partial charge on any atom is -0.372 e. The van der Waals surface area contributed by atoms with E-state index in [0.717, 1.165) is 19.5 Å². The molecule has 1 aliphatic rings. The Morgan fingerprint density at radius 3 is 2.19 bits per heavy atom. The highest BCUT2D eigenvalue weighted by atomic mass is 15.1. The lowest BCUT2D eigenvalue weighted by molar-refractivity contribution is 0.865. The quantitative estimate of drug-likeness (QED) is 0.631. The second-order valence-corrected chi connectivity index (χ2v) is 5.93. The molecule has 110 valence electrons. The van der Waals surface area contributed by atoms with E-state index in [1.54, 1.807) is 0 Å². The van der Waals surface area contributed by atoms with Gasteiger partial charge < -0.3 is 4.90 Å². The molecule has 0 unspecified atom stereocenters. The predicted molar refractivity (Wildman–Crippen MR) is 92.2 cm³/mol. The maximum atomic E-state index is 2.42. The van der Waals surface area contributed by atoms with Gasteiger partial charge in [-0.05, 0) is 66.6 Å². The Labute approximate surface area is 128 Å². The van der Waals surface area contributed by atoms with E-state index < -0.39 is 0 Å². The van der Waals surface area contributed by atoms with E-state index in [9.17, 15) is 0 Å². The van der Waals surface area contributed by atoms with Crippen LogP contribution in [0.15, 0.2) is 36.4 Å². The molecule has 1 heteroatoms. The Hall–Kier alpha value is -1.76. The summed E-state index contributed by atoms with van der Waals surface area (Å²) in [4.78, 5) is 2.42. The molecule has 0 bridgehead atoms. The summed E-state index contributed by atoms with van der Waals surface area (Å²) in [6.07, 6.45) is 3.50. The topological polar surface area (TPSA) is 3.24 Å². The number of hydrogen-bond acceptors (Lipinski definition) is 1. The molecule has 0 spiro atoms. The molecule has 0 fully saturated rings. The fourth-order valence-corrected chi connectivity index (χ4v) is 3.48. The molecule has 2 aromatic rings. The molecule has 0 aromatic heterocycles. The normalized spacial score (nSPS) is 12.1. The Kier molecular flexibility index (Phi) is 4.01. The van der Waals surface area contributed by atoms with Crippen molar-refractivity contribution in [3.05, 3.63) is 53.1 Å². The van der Waals surface area contributed by atoms with Crippen LogP contribution in [0.4, 0.5) is 5.69 Å². The Morgan fingerprint density at radius 2 is 1.52 bits per heavy atom. The van der Waals surface area contributed by atoms with Crippen LogP contribution < -0.4 is 4.90 Å². The van der Waals surface area contributed by atoms with Crippen LogP contribution in [0.5, 0.6) is 0 Å². The van der Waals surface area contributed by atoms with Gasteiger partial charge in [-0.25, -0.2) is 0 Å². The summed E-state index contributed by atoms with van der Waals surface area (Å²) in [6.45, 7) is 8.84. The first-order chi connectivity index (χ1) is 10.3. The van der Waals surface area contributed by atoms with Gasteiger partial charge in [-0.1, -0.05) is 37.6 Å². The van der Waals surface area contributed by atoms with Crippen LogP contribution in [0.1, 0.15) is 43.9 Å². The van der Waals surface area contributed by atoms with Gasteiger partial charge in [-0.2, -0.15) is 0 Å². The van der Waals surface area contributed by atoms with Crippen molar-refractivity contribution in [2.75, 3.05) is 18.0 Å². The van der Waals surface area contributed by atoms with Crippen molar-refractivity contribution in [2.24, 2.45) is 0 Å². The maximum Gasteiger partial charge on any atom is 0.0369 e. The summed E-state index contributed by atoms with van der Waals surface area (Å²) < 4.78 is 0. The second-order valence-electron chi connectivity index (χ2n) is 5.93. The highest BCUT2D eigenvalue weighted by Crippen LogP contribution is 2.39. The van der Waals surface area contributed by atoms with Gasteiger partial charge in [0.05, 0.1) is 0 Å². The lowest BCUT2D eigenvalue weighted by Crippen LogP contribution is -2.21. The monoisotopic (exact) mass is 279 g/mol. The van der Waals surface area contributed by atoms with Crippen LogP contribution in [0.3, 0.4) is 0 Å². The van der Waals surface area contributed by atoms with Crippen LogP contribution in [-0.2, 0) is 12.8 Å². The van der Waals surface area contributed by atoms with Crippen molar-refractivity contribution in [2.45, 2.75) is 40.0 Å². The number of anilines is 1. The van der Waals surface area contributed by atoms with Gasteiger partial charge in [0.2, 0.25) is 0 Å². The van der Waals surface area contributed by atoms with Crippen molar-refractivity contribution in [1.29, 1.82) is 0 Å². The first-order valence-electron chi connectivity index (χ1n) is 8.26. The summed E-state index contributed by atoms with van der Waals surface area (Å²) >= 11 is 0. The molecular formula is C20H25N. The van der Waals surface area contributed by atoms with E-state index in [1.807, 2.05) is 0 Å². The van der Waals surface area contributed by atoms with Crippen LogP contribution in [0.25, 0.3) is 11.1 Å². The number of rotatable bonds is 5. The maximum absolute atomic E-state index is 2.42. The molecule has 1 nitrogen and oxygen atoms in total. The first-order valence-corrected chi connectivity index (χ1v) is 8.26. The first kappa shape index (κ1) is 14.2. The van der Waals surface area contributed by atoms with Gasteiger partial charge in [0.15, 0.2) is 0 Å². The van der Waals surface area contributed by atoms with E-state index in [0.29, 0.717) is 0 Å². The minimum atomic E-state index is 1.07. The van der Waals surface area contributed by atoms with Gasteiger partial charge in [-0.15, -0.1) is 0 Å². The summed E-state index contributed by atoms with van der Waals surface area (Å²) in [5.41, 5.74) is 8.71. The van der Waals surface area contributed by atoms with Crippen molar-refractivity contribution < 1.29 is 0 Å². The summed E-state index contributed by atoms with van der Waals surface area (Å²) in [5, 5.41) is 0. The second kappa shape index (κ2) is 5.93. The van der Waals surface area contributed by atoms with Gasteiger partial charge >= 0.3 is 0 Å². The smallest absolute Gasteiger partial charge is 0.0369 e. The highest BCUT2D eigenvalue weighted by Gasteiger charge is 2.19. The molecule has 0 aliphatic heterocycles. The van der Waals surface area contributed by atoms with Crippen LogP contribution in [0.2, 0.25) is 0 Å². The number of fused-ring (bicyclic) bond motifs is 3. The molecule has 0 amide bonds. The van der Waals surface area contributed by atoms with Gasteiger partial charge in [0.1, 0.15) is 0 Å². The van der Waals surface area contributed by atoms with Gasteiger partial charge in [0.25, 0.3) is 0 Å². The fourth-order valence-electron chi connectivity index (χ4n) is 3.48. The van der Waals surface area contributed by atoms with Gasteiger partial charge in [-0.3, -0.25) is 0 Å². The molecule has 0 radical (unpaired) electrons. The average molecular weight is 279 g/mol. The van der Waals surface area contributed by atoms with E-state index in [2.05, 4.69) is 62.1 Å². The number of benzene rings is 2. The SMILES string of the molecule is CCCc1ccc2c(c1)Cc1cc(N(CC)CC)ccc1-2. The third-order valence-corrected chi connectivity index (χ3v) is 4.60. The third kappa shape index (κ3) is 2.57. The molecule has 0 N–H and O–H groups in total. The number of aryl methyl sites for hydroxylation is 1. The molecule has 0 saturated carbocycles. The summed E-state index contributed by atoms with van der Waals surface area (Å²) in [6, 6.07) is 14.0. The molecule has 21 heavy (non-hydrogen) atoms. The molecular weight excluding hydrogens is 254 g/mol. The Morgan fingerprint density at radius 1 is 0.857 bits per heavy atom. The van der Waals surface area contributed by atoms with Crippen LogP contribution >= 0.6 is 0 Å². The van der Waals surface area contributed by atoms with E-state index in [4.69, 9.17) is 0 Å². The van der Waals surface area contributed by atoms with Crippen LogP contribution in [-0.4, -0.2) is 13.1 Å². The van der Waals surface area contributed by atoms with Crippen LogP contribution in [0, 0.1) is 0 Å². The van der Waals surface area contributed by atoms with Crippen molar-refractivity contribution >= 4 is 5.69 Å². The van der Waals surface area contributed by atoms with Gasteiger partial charge in [0, 0.05) is 18.8 Å². The number of nitrogens with zero attached hydrogens (tertiary/aromatic N) is 1. The molecule has 3 rings (SSSR count). The lowest BCUT2D eigenvalue weighted by Gasteiger charge is -2.21. The number of hydrogen-bond donors (Lipinski definition) is 0. The van der Waals surface area contributed by atoms with E-state index in [-0.39, 0.29) is 0 Å². The van der Waals surface area contributed by atoms with Crippen molar-refractivity contribution in [3.63, 3.8) is 0 Å². The Bertz CT molecular complexity index is 638. The fraction of sp³-hybridized carbons (Fsp3) is 0.400. The van der Waals surface area contributed by atoms with E-state index in [1.165, 1.54) is 46.3 Å². The van der Waals surface area contributed by atoms with Crippen molar-refractivity contribution in [1.82, 2.24) is 0 Å². The molecule has 2 aromatic carbocycles. The minimum absolute atomic E-state index is 1.07.